The minimum atomic E-state index is -0.416. The highest BCUT2D eigenvalue weighted by molar-refractivity contribution is 4.41. The Hall–Kier alpha value is -0.200. The van der Waals surface area contributed by atoms with E-state index in [0.717, 1.165) is 19.4 Å². The first kappa shape index (κ1) is 17.8. The summed E-state index contributed by atoms with van der Waals surface area (Å²) in [5.41, 5.74) is 0. The zero-order chi connectivity index (χ0) is 13.5. The Balaban J connectivity index is 2.90. The van der Waals surface area contributed by atoms with Gasteiger partial charge in [-0.05, 0) is 13.3 Å². The average Bonchev–Trinajstić information content (AvgIpc) is 2.34. The fraction of sp³-hybridized carbons (Fsp3) is 1.00. The van der Waals surface area contributed by atoms with E-state index in [-0.39, 0.29) is 0 Å². The van der Waals surface area contributed by atoms with Crippen LogP contribution in [-0.2, 0) is 18.9 Å². The highest BCUT2D eigenvalue weighted by Crippen LogP contribution is 1.88. The predicted octanol–water partition coefficient (Wildman–Crippen LogP) is 1.23. The maximum absolute atomic E-state index is 8.93. The third kappa shape index (κ3) is 15.8. The van der Waals surface area contributed by atoms with Gasteiger partial charge in [0.05, 0.1) is 52.4 Å². The normalized spacial score (nSPS) is 12.8. The topological polar surface area (TPSA) is 57.2 Å². The molecule has 0 aromatic carbocycles. The van der Waals surface area contributed by atoms with Crippen LogP contribution in [0.4, 0.5) is 0 Å². The molecule has 0 aliphatic carbocycles. The molecule has 110 valence electrons. The molecule has 0 bridgehead atoms. The fourth-order valence-electron chi connectivity index (χ4n) is 1.16. The summed E-state index contributed by atoms with van der Waals surface area (Å²) in [6.07, 6.45) is 1.85. The molecule has 0 saturated heterocycles. The molecular formula is C13H28O5. The fourth-order valence-corrected chi connectivity index (χ4v) is 1.16. The Kier molecular flexibility index (Phi) is 14.7. The molecule has 0 rings (SSSR count). The van der Waals surface area contributed by atoms with Crippen molar-refractivity contribution in [2.45, 2.75) is 32.8 Å². The predicted molar refractivity (Wildman–Crippen MR) is 69.9 cm³/mol. The van der Waals surface area contributed by atoms with Crippen molar-refractivity contribution >= 4 is 0 Å². The van der Waals surface area contributed by atoms with Crippen molar-refractivity contribution < 1.29 is 24.1 Å². The number of aliphatic hydroxyl groups excluding tert-OH is 1. The third-order valence-corrected chi connectivity index (χ3v) is 2.12. The summed E-state index contributed by atoms with van der Waals surface area (Å²) in [6.45, 7) is 8.45. The number of rotatable bonds is 14. The summed E-state index contributed by atoms with van der Waals surface area (Å²) in [5, 5.41) is 8.93. The van der Waals surface area contributed by atoms with Crippen LogP contribution in [0, 0.1) is 0 Å². The van der Waals surface area contributed by atoms with E-state index in [0.29, 0.717) is 46.2 Å². The van der Waals surface area contributed by atoms with Crippen LogP contribution >= 0.6 is 0 Å². The molecule has 1 unspecified atom stereocenters. The number of hydrogen-bond donors (Lipinski definition) is 1. The first-order valence-corrected chi connectivity index (χ1v) is 6.76. The lowest BCUT2D eigenvalue weighted by Gasteiger charge is -2.08. The smallest absolute Gasteiger partial charge is 0.0745 e. The van der Waals surface area contributed by atoms with Crippen molar-refractivity contribution in [1.29, 1.82) is 0 Å². The summed E-state index contributed by atoms with van der Waals surface area (Å²) in [4.78, 5) is 0. The molecule has 0 radical (unpaired) electrons. The summed E-state index contributed by atoms with van der Waals surface area (Å²) < 4.78 is 21.1. The summed E-state index contributed by atoms with van der Waals surface area (Å²) in [7, 11) is 0. The van der Waals surface area contributed by atoms with Crippen molar-refractivity contribution in [2.24, 2.45) is 0 Å². The van der Waals surface area contributed by atoms with E-state index in [4.69, 9.17) is 24.1 Å². The molecule has 0 aromatic rings. The van der Waals surface area contributed by atoms with Gasteiger partial charge in [0.1, 0.15) is 0 Å². The van der Waals surface area contributed by atoms with E-state index in [9.17, 15) is 0 Å². The third-order valence-electron chi connectivity index (χ3n) is 2.12. The quantitative estimate of drug-likeness (QED) is 0.478. The average molecular weight is 264 g/mol. The molecule has 0 aliphatic heterocycles. The van der Waals surface area contributed by atoms with Gasteiger partial charge in [0.2, 0.25) is 0 Å². The zero-order valence-corrected chi connectivity index (χ0v) is 11.7. The standard InChI is InChI=1S/C13H28O5/c1-3-4-5-15-6-7-16-8-9-17-10-11-18-12-13(2)14/h13-14H,3-12H2,1-2H3. The van der Waals surface area contributed by atoms with Gasteiger partial charge in [-0.25, -0.2) is 0 Å². The van der Waals surface area contributed by atoms with Gasteiger partial charge in [0.25, 0.3) is 0 Å². The second kappa shape index (κ2) is 14.9. The van der Waals surface area contributed by atoms with E-state index < -0.39 is 6.10 Å². The molecule has 0 aliphatic rings. The van der Waals surface area contributed by atoms with Crippen LogP contribution in [0.25, 0.3) is 0 Å². The van der Waals surface area contributed by atoms with Gasteiger partial charge in [0, 0.05) is 6.61 Å². The van der Waals surface area contributed by atoms with E-state index >= 15 is 0 Å². The largest absolute Gasteiger partial charge is 0.391 e. The molecule has 0 fully saturated rings. The number of ether oxygens (including phenoxy) is 4. The van der Waals surface area contributed by atoms with Gasteiger partial charge < -0.3 is 24.1 Å². The summed E-state index contributed by atoms with van der Waals surface area (Å²) in [6, 6.07) is 0. The lowest BCUT2D eigenvalue weighted by atomic mass is 10.4. The first-order valence-electron chi connectivity index (χ1n) is 6.76. The second-order valence-corrected chi connectivity index (χ2v) is 4.11. The molecule has 0 amide bonds. The van der Waals surface area contributed by atoms with Gasteiger partial charge in [0.15, 0.2) is 0 Å². The lowest BCUT2D eigenvalue weighted by Crippen LogP contribution is -2.15. The molecule has 1 N–H and O–H groups in total. The van der Waals surface area contributed by atoms with Crippen LogP contribution in [0.5, 0.6) is 0 Å². The van der Waals surface area contributed by atoms with Gasteiger partial charge in [-0.2, -0.15) is 0 Å². The van der Waals surface area contributed by atoms with Crippen LogP contribution < -0.4 is 0 Å². The van der Waals surface area contributed by atoms with Crippen molar-refractivity contribution in [1.82, 2.24) is 0 Å². The SMILES string of the molecule is CCCCOCCOCCOCCOCC(C)O. The second-order valence-electron chi connectivity index (χ2n) is 4.11. The highest BCUT2D eigenvalue weighted by atomic mass is 16.6. The van der Waals surface area contributed by atoms with E-state index in [2.05, 4.69) is 6.92 Å². The van der Waals surface area contributed by atoms with Gasteiger partial charge >= 0.3 is 0 Å². The molecule has 5 nitrogen and oxygen atoms in total. The van der Waals surface area contributed by atoms with E-state index in [1.165, 1.54) is 0 Å². The van der Waals surface area contributed by atoms with E-state index in [1.807, 2.05) is 0 Å². The van der Waals surface area contributed by atoms with E-state index in [1.54, 1.807) is 6.92 Å². The number of unbranched alkanes of at least 4 members (excludes halogenated alkanes) is 1. The summed E-state index contributed by atoms with van der Waals surface area (Å²) >= 11 is 0. The van der Waals surface area contributed by atoms with Crippen molar-refractivity contribution in [3.8, 4) is 0 Å². The van der Waals surface area contributed by atoms with Gasteiger partial charge in [-0.1, -0.05) is 13.3 Å². The molecule has 0 aromatic heterocycles. The molecule has 1 atom stereocenters. The Morgan fingerprint density at radius 3 is 1.67 bits per heavy atom. The summed E-state index contributed by atoms with van der Waals surface area (Å²) in [5.74, 6) is 0. The molecule has 0 saturated carbocycles. The Bertz CT molecular complexity index is 152. The molecule has 0 spiro atoms. The Labute approximate surface area is 110 Å². The zero-order valence-electron chi connectivity index (χ0n) is 11.7. The Morgan fingerprint density at radius 2 is 1.22 bits per heavy atom. The van der Waals surface area contributed by atoms with Crippen LogP contribution in [-0.4, -0.2) is 64.1 Å². The molecule has 5 heteroatoms. The van der Waals surface area contributed by atoms with Gasteiger partial charge in [-0.3, -0.25) is 0 Å². The van der Waals surface area contributed by atoms with Crippen LogP contribution in [0.1, 0.15) is 26.7 Å². The van der Waals surface area contributed by atoms with Crippen molar-refractivity contribution in [2.75, 3.05) is 52.9 Å². The number of aliphatic hydroxyl groups is 1. The lowest BCUT2D eigenvalue weighted by molar-refractivity contribution is -0.0142. The maximum Gasteiger partial charge on any atom is 0.0745 e. The van der Waals surface area contributed by atoms with Crippen LogP contribution in [0.3, 0.4) is 0 Å². The van der Waals surface area contributed by atoms with Crippen molar-refractivity contribution in [3.05, 3.63) is 0 Å². The molecule has 0 heterocycles. The first-order chi connectivity index (χ1) is 8.77. The Morgan fingerprint density at radius 1 is 0.778 bits per heavy atom. The van der Waals surface area contributed by atoms with Gasteiger partial charge in [-0.15, -0.1) is 0 Å². The van der Waals surface area contributed by atoms with Crippen LogP contribution in [0.15, 0.2) is 0 Å². The van der Waals surface area contributed by atoms with Crippen molar-refractivity contribution in [3.63, 3.8) is 0 Å². The highest BCUT2D eigenvalue weighted by Gasteiger charge is 1.95. The molecule has 18 heavy (non-hydrogen) atoms. The minimum Gasteiger partial charge on any atom is -0.391 e. The minimum absolute atomic E-state index is 0.356. The maximum atomic E-state index is 8.93. The number of hydrogen-bond acceptors (Lipinski definition) is 5. The molecular weight excluding hydrogens is 236 g/mol. The monoisotopic (exact) mass is 264 g/mol. The van der Waals surface area contributed by atoms with Crippen LogP contribution in [0.2, 0.25) is 0 Å².